The van der Waals surface area contributed by atoms with E-state index in [1.807, 2.05) is 12.1 Å². The van der Waals surface area contributed by atoms with Gasteiger partial charge in [-0.25, -0.2) is 0 Å². The molecule has 1 aromatic rings. The Hall–Kier alpha value is -1.55. The first-order valence-electron chi connectivity index (χ1n) is 8.14. The highest BCUT2D eigenvalue weighted by atomic mass is 16.1. The van der Waals surface area contributed by atoms with Crippen LogP contribution < -0.4 is 10.6 Å². The van der Waals surface area contributed by atoms with Gasteiger partial charge in [-0.3, -0.25) is 9.69 Å². The zero-order valence-electron chi connectivity index (χ0n) is 12.8. The number of hydrogen-bond acceptors (Lipinski definition) is 3. The first kappa shape index (κ1) is 14.4. The Labute approximate surface area is 126 Å². The van der Waals surface area contributed by atoms with E-state index >= 15 is 0 Å². The van der Waals surface area contributed by atoms with Crippen LogP contribution in [0.15, 0.2) is 18.2 Å². The van der Waals surface area contributed by atoms with Gasteiger partial charge in [-0.2, -0.15) is 0 Å². The smallest absolute Gasteiger partial charge is 0.253 e. The average Bonchev–Trinajstić information content (AvgIpc) is 3.06. The van der Waals surface area contributed by atoms with Gasteiger partial charge >= 0.3 is 0 Å². The first-order valence-corrected chi connectivity index (χ1v) is 8.14. The third-order valence-corrected chi connectivity index (χ3v) is 4.64. The van der Waals surface area contributed by atoms with Crippen LogP contribution in [-0.4, -0.2) is 43.0 Å². The SMILES string of the molecule is CC(CNC(=O)c1cccc2c1NCCC2)N1CCCC1. The Kier molecular flexibility index (Phi) is 4.44. The highest BCUT2D eigenvalue weighted by molar-refractivity contribution is 6.00. The Morgan fingerprint density at radius 1 is 1.33 bits per heavy atom. The molecule has 1 amide bonds. The van der Waals surface area contributed by atoms with E-state index in [0.717, 1.165) is 37.2 Å². The molecule has 0 aliphatic carbocycles. The summed E-state index contributed by atoms with van der Waals surface area (Å²) in [5.74, 6) is 0.0484. The quantitative estimate of drug-likeness (QED) is 0.893. The Morgan fingerprint density at radius 2 is 2.14 bits per heavy atom. The third-order valence-electron chi connectivity index (χ3n) is 4.64. The predicted molar refractivity (Wildman–Crippen MR) is 85.9 cm³/mol. The number of carbonyl (C=O) groups is 1. The number of hydrogen-bond donors (Lipinski definition) is 2. The molecule has 114 valence electrons. The van der Waals surface area contributed by atoms with E-state index in [0.29, 0.717) is 6.04 Å². The van der Waals surface area contributed by atoms with Crippen LogP contribution in [0.1, 0.15) is 42.1 Å². The van der Waals surface area contributed by atoms with E-state index in [4.69, 9.17) is 0 Å². The van der Waals surface area contributed by atoms with Crippen molar-refractivity contribution in [1.82, 2.24) is 10.2 Å². The number of nitrogens with zero attached hydrogens (tertiary/aromatic N) is 1. The third kappa shape index (κ3) is 3.21. The molecular formula is C17H25N3O. The molecule has 2 aliphatic rings. The zero-order chi connectivity index (χ0) is 14.7. The first-order chi connectivity index (χ1) is 10.3. The number of benzene rings is 1. The molecule has 1 aromatic carbocycles. The Balaban J connectivity index is 1.63. The summed E-state index contributed by atoms with van der Waals surface area (Å²) in [5.41, 5.74) is 3.09. The van der Waals surface area contributed by atoms with Crippen LogP contribution in [0.5, 0.6) is 0 Å². The van der Waals surface area contributed by atoms with Gasteiger partial charge in [-0.05, 0) is 57.3 Å². The molecule has 21 heavy (non-hydrogen) atoms. The summed E-state index contributed by atoms with van der Waals surface area (Å²) in [7, 11) is 0. The van der Waals surface area contributed by atoms with Gasteiger partial charge in [0.15, 0.2) is 0 Å². The normalized spacial score (nSPS) is 19.7. The molecule has 0 radical (unpaired) electrons. The second-order valence-electron chi connectivity index (χ2n) is 6.17. The fourth-order valence-corrected chi connectivity index (χ4v) is 3.35. The fourth-order valence-electron chi connectivity index (χ4n) is 3.35. The van der Waals surface area contributed by atoms with Crippen LogP contribution in [0.2, 0.25) is 0 Å². The van der Waals surface area contributed by atoms with Gasteiger partial charge < -0.3 is 10.6 Å². The summed E-state index contributed by atoms with van der Waals surface area (Å²) < 4.78 is 0. The van der Waals surface area contributed by atoms with Crippen LogP contribution in [0.3, 0.4) is 0 Å². The van der Waals surface area contributed by atoms with Gasteiger partial charge in [0.1, 0.15) is 0 Å². The van der Waals surface area contributed by atoms with Crippen molar-refractivity contribution < 1.29 is 4.79 Å². The van der Waals surface area contributed by atoms with Gasteiger partial charge in [0.25, 0.3) is 5.91 Å². The van der Waals surface area contributed by atoms with Gasteiger partial charge in [0.05, 0.1) is 11.3 Å². The summed E-state index contributed by atoms with van der Waals surface area (Å²) >= 11 is 0. The largest absolute Gasteiger partial charge is 0.384 e. The minimum atomic E-state index is 0.0484. The molecule has 1 unspecified atom stereocenters. The number of para-hydroxylation sites is 1. The molecule has 0 aromatic heterocycles. The van der Waals surface area contributed by atoms with Gasteiger partial charge in [0, 0.05) is 19.1 Å². The lowest BCUT2D eigenvalue weighted by Crippen LogP contribution is -2.40. The van der Waals surface area contributed by atoms with Crippen LogP contribution in [0.25, 0.3) is 0 Å². The summed E-state index contributed by atoms with van der Waals surface area (Å²) in [6.45, 7) is 6.22. The zero-order valence-corrected chi connectivity index (χ0v) is 12.8. The van der Waals surface area contributed by atoms with Crippen molar-refractivity contribution in [1.29, 1.82) is 0 Å². The maximum atomic E-state index is 12.5. The maximum absolute atomic E-state index is 12.5. The van der Waals surface area contributed by atoms with Crippen LogP contribution in [-0.2, 0) is 6.42 Å². The Bertz CT molecular complexity index is 509. The molecule has 0 bridgehead atoms. The molecule has 0 saturated carbocycles. The highest BCUT2D eigenvalue weighted by Crippen LogP contribution is 2.25. The molecule has 4 heteroatoms. The van der Waals surface area contributed by atoms with E-state index < -0.39 is 0 Å². The maximum Gasteiger partial charge on any atom is 0.253 e. The number of amides is 1. The van der Waals surface area contributed by atoms with Crippen LogP contribution in [0, 0.1) is 0 Å². The van der Waals surface area contributed by atoms with Gasteiger partial charge in [0.2, 0.25) is 0 Å². The van der Waals surface area contributed by atoms with Crippen molar-refractivity contribution in [2.45, 2.75) is 38.6 Å². The van der Waals surface area contributed by atoms with E-state index in [1.165, 1.54) is 31.5 Å². The number of fused-ring (bicyclic) bond motifs is 1. The molecule has 2 aliphatic heterocycles. The minimum absolute atomic E-state index is 0.0484. The van der Waals surface area contributed by atoms with E-state index in [2.05, 4.69) is 28.5 Å². The van der Waals surface area contributed by atoms with Gasteiger partial charge in [-0.15, -0.1) is 0 Å². The highest BCUT2D eigenvalue weighted by Gasteiger charge is 2.20. The summed E-state index contributed by atoms with van der Waals surface area (Å²) in [6, 6.07) is 6.45. The van der Waals surface area contributed by atoms with Gasteiger partial charge in [-0.1, -0.05) is 12.1 Å². The van der Waals surface area contributed by atoms with Crippen molar-refractivity contribution in [3.8, 4) is 0 Å². The summed E-state index contributed by atoms with van der Waals surface area (Å²) in [4.78, 5) is 14.9. The minimum Gasteiger partial charge on any atom is -0.384 e. The molecule has 2 heterocycles. The topological polar surface area (TPSA) is 44.4 Å². The van der Waals surface area contributed by atoms with Crippen molar-refractivity contribution in [3.63, 3.8) is 0 Å². The predicted octanol–water partition coefficient (Wildman–Crippen LogP) is 2.26. The number of likely N-dealkylation sites (tertiary alicyclic amines) is 1. The van der Waals surface area contributed by atoms with E-state index in [9.17, 15) is 4.79 Å². The molecule has 3 rings (SSSR count). The Morgan fingerprint density at radius 3 is 2.95 bits per heavy atom. The van der Waals surface area contributed by atoms with Crippen molar-refractivity contribution in [2.75, 3.05) is 31.5 Å². The summed E-state index contributed by atoms with van der Waals surface area (Å²) in [6.07, 6.45) is 4.78. The second-order valence-corrected chi connectivity index (χ2v) is 6.17. The number of aryl methyl sites for hydroxylation is 1. The monoisotopic (exact) mass is 287 g/mol. The van der Waals surface area contributed by atoms with Crippen molar-refractivity contribution >= 4 is 11.6 Å². The lowest BCUT2D eigenvalue weighted by Gasteiger charge is -2.25. The molecule has 4 nitrogen and oxygen atoms in total. The number of rotatable bonds is 4. The molecule has 1 atom stereocenters. The lowest BCUT2D eigenvalue weighted by atomic mass is 9.99. The molecular weight excluding hydrogens is 262 g/mol. The molecule has 1 saturated heterocycles. The fraction of sp³-hybridized carbons (Fsp3) is 0.588. The summed E-state index contributed by atoms with van der Waals surface area (Å²) in [5, 5.41) is 6.49. The lowest BCUT2D eigenvalue weighted by molar-refractivity contribution is 0.0941. The number of carbonyl (C=O) groups excluding carboxylic acids is 1. The van der Waals surface area contributed by atoms with Crippen LogP contribution >= 0.6 is 0 Å². The second kappa shape index (κ2) is 6.48. The van der Waals surface area contributed by atoms with Crippen molar-refractivity contribution in [3.05, 3.63) is 29.3 Å². The van der Waals surface area contributed by atoms with E-state index in [-0.39, 0.29) is 5.91 Å². The van der Waals surface area contributed by atoms with E-state index in [1.54, 1.807) is 0 Å². The number of anilines is 1. The molecule has 0 spiro atoms. The molecule has 1 fully saturated rings. The average molecular weight is 287 g/mol. The number of nitrogens with one attached hydrogen (secondary N) is 2. The molecule has 2 N–H and O–H groups in total. The van der Waals surface area contributed by atoms with Crippen LogP contribution in [0.4, 0.5) is 5.69 Å². The standard InChI is InChI=1S/C17H25N3O/c1-13(20-10-2-3-11-20)12-19-17(21)15-8-4-6-14-7-5-9-18-16(14)15/h4,6,8,13,18H,2-3,5,7,9-12H2,1H3,(H,19,21). The van der Waals surface area contributed by atoms with Crippen molar-refractivity contribution in [2.24, 2.45) is 0 Å².